The molecule has 1 heterocycles. The topological polar surface area (TPSA) is 0 Å². The first kappa shape index (κ1) is 28.3. The SMILES string of the molecule is CC1=C(/C=C\Cc2cc3sc4ccc5c(c4c3c3ccccc23)C=CCC5)c2ccccc2C12c1ccccc1-c1cccc3cccc2c13. The van der Waals surface area contributed by atoms with Crippen LogP contribution in [-0.4, -0.2) is 0 Å². The molecule has 50 heavy (non-hydrogen) atoms. The van der Waals surface area contributed by atoms with Gasteiger partial charge in [0.1, 0.15) is 0 Å². The van der Waals surface area contributed by atoms with Gasteiger partial charge in [-0.3, -0.25) is 0 Å². The lowest BCUT2D eigenvalue weighted by Crippen LogP contribution is -2.32. The van der Waals surface area contributed by atoms with Crippen LogP contribution in [0.15, 0.2) is 151 Å². The number of fused-ring (bicyclic) bond motifs is 13. The van der Waals surface area contributed by atoms with E-state index in [0.29, 0.717) is 0 Å². The molecule has 3 aliphatic carbocycles. The first-order chi connectivity index (χ1) is 24.7. The van der Waals surface area contributed by atoms with Crippen LogP contribution < -0.4 is 0 Å². The second-order valence-corrected chi connectivity index (χ2v) is 15.3. The Morgan fingerprint density at radius 1 is 0.640 bits per heavy atom. The highest BCUT2D eigenvalue weighted by Crippen LogP contribution is 2.60. The van der Waals surface area contributed by atoms with E-state index in [0.717, 1.165) is 19.3 Å². The van der Waals surface area contributed by atoms with Crippen molar-refractivity contribution in [1.82, 2.24) is 0 Å². The fourth-order valence-corrected chi connectivity index (χ4v) is 11.0. The number of thiophene rings is 1. The van der Waals surface area contributed by atoms with Gasteiger partial charge in [-0.15, -0.1) is 11.3 Å². The summed E-state index contributed by atoms with van der Waals surface area (Å²) in [7, 11) is 0. The van der Waals surface area contributed by atoms with E-state index >= 15 is 0 Å². The van der Waals surface area contributed by atoms with Gasteiger partial charge in [0, 0.05) is 20.2 Å². The van der Waals surface area contributed by atoms with Crippen LogP contribution in [0.1, 0.15) is 52.3 Å². The minimum atomic E-state index is -0.336. The summed E-state index contributed by atoms with van der Waals surface area (Å²) in [6.45, 7) is 2.39. The number of aryl methyl sites for hydroxylation is 1. The van der Waals surface area contributed by atoms with Gasteiger partial charge >= 0.3 is 0 Å². The van der Waals surface area contributed by atoms with E-state index < -0.39 is 0 Å². The molecule has 0 saturated heterocycles. The number of hydrogen-bond acceptors (Lipinski definition) is 1. The minimum absolute atomic E-state index is 0.336. The van der Waals surface area contributed by atoms with Gasteiger partial charge in [0.05, 0.1) is 5.41 Å². The fourth-order valence-electron chi connectivity index (χ4n) is 9.81. The van der Waals surface area contributed by atoms with Gasteiger partial charge in [0.25, 0.3) is 0 Å². The molecule has 0 bridgehead atoms. The van der Waals surface area contributed by atoms with Crippen molar-refractivity contribution in [3.05, 3.63) is 190 Å². The van der Waals surface area contributed by atoms with Gasteiger partial charge in [0.2, 0.25) is 0 Å². The summed E-state index contributed by atoms with van der Waals surface area (Å²) in [5, 5.41) is 8.29. The Kier molecular flexibility index (Phi) is 5.95. The average molecular weight is 655 g/mol. The van der Waals surface area contributed by atoms with Gasteiger partial charge < -0.3 is 0 Å². The summed E-state index contributed by atoms with van der Waals surface area (Å²) in [6.07, 6.45) is 12.7. The molecular weight excluding hydrogens is 621 g/mol. The number of hydrogen-bond donors (Lipinski definition) is 0. The van der Waals surface area contributed by atoms with Crippen LogP contribution in [0.5, 0.6) is 0 Å². The molecule has 3 aliphatic rings. The molecule has 0 N–H and O–H groups in total. The Labute approximate surface area is 296 Å². The van der Waals surface area contributed by atoms with Crippen LogP contribution in [0.2, 0.25) is 0 Å². The van der Waals surface area contributed by atoms with Gasteiger partial charge in [-0.05, 0) is 121 Å². The van der Waals surface area contributed by atoms with Crippen LogP contribution >= 0.6 is 11.3 Å². The zero-order valence-corrected chi connectivity index (χ0v) is 28.8. The van der Waals surface area contributed by atoms with E-state index in [1.165, 1.54) is 103 Å². The standard InChI is InChI=1S/C49H34S/c1-30-34(22-11-16-33-29-45-48(39-21-5-4-17-35(33)39)47-36-18-3-2-13-31(36)27-28-44(47)50-45)37-19-6-8-24-41(37)49(30)42-25-9-7-20-38(42)40-23-10-14-32-15-12-26-43(49)46(32)40/h3-12,14-15,17-29H,2,13,16H2,1H3/b22-11-. The van der Waals surface area contributed by atoms with Crippen LogP contribution in [0, 0.1) is 0 Å². The highest BCUT2D eigenvalue weighted by atomic mass is 32.1. The monoisotopic (exact) mass is 654 g/mol. The molecule has 1 unspecified atom stereocenters. The Morgan fingerprint density at radius 2 is 1.36 bits per heavy atom. The van der Waals surface area contributed by atoms with Crippen LogP contribution in [0.3, 0.4) is 0 Å². The normalized spacial score (nSPS) is 17.5. The van der Waals surface area contributed by atoms with Crippen LogP contribution in [0.25, 0.3) is 64.5 Å². The molecule has 0 saturated carbocycles. The molecule has 11 rings (SSSR count). The summed E-state index contributed by atoms with van der Waals surface area (Å²) < 4.78 is 2.78. The second kappa shape index (κ2) is 10.5. The highest BCUT2D eigenvalue weighted by molar-refractivity contribution is 7.26. The maximum atomic E-state index is 2.48. The first-order valence-electron chi connectivity index (χ1n) is 17.9. The molecular formula is C49H34S. The molecule has 0 fully saturated rings. The Hall–Kier alpha value is -5.50. The molecule has 0 aliphatic heterocycles. The molecule has 236 valence electrons. The van der Waals surface area contributed by atoms with Crippen molar-refractivity contribution in [2.75, 3.05) is 0 Å². The van der Waals surface area contributed by atoms with E-state index in [1.54, 1.807) is 0 Å². The van der Waals surface area contributed by atoms with Crippen LogP contribution in [-0.2, 0) is 18.3 Å². The summed E-state index contributed by atoms with van der Waals surface area (Å²) >= 11 is 1.95. The average Bonchev–Trinajstić information content (AvgIpc) is 3.67. The van der Waals surface area contributed by atoms with Crippen molar-refractivity contribution in [1.29, 1.82) is 0 Å². The molecule has 1 aromatic heterocycles. The fraction of sp³-hybridized carbons (Fsp3) is 0.102. The third-order valence-electron chi connectivity index (χ3n) is 11.9. The lowest BCUT2D eigenvalue weighted by molar-refractivity contribution is 0.748. The molecule has 8 aromatic rings. The van der Waals surface area contributed by atoms with E-state index in [9.17, 15) is 0 Å². The molecule has 0 nitrogen and oxygen atoms in total. The van der Waals surface area contributed by atoms with Crippen molar-refractivity contribution >= 4 is 64.7 Å². The van der Waals surface area contributed by atoms with Crippen molar-refractivity contribution in [3.8, 4) is 11.1 Å². The predicted molar refractivity (Wildman–Crippen MR) is 215 cm³/mol. The van der Waals surface area contributed by atoms with Crippen molar-refractivity contribution in [3.63, 3.8) is 0 Å². The van der Waals surface area contributed by atoms with Crippen molar-refractivity contribution in [2.45, 2.75) is 31.6 Å². The maximum Gasteiger partial charge on any atom is 0.0685 e. The first-order valence-corrected chi connectivity index (χ1v) is 18.7. The molecule has 7 aromatic carbocycles. The lowest BCUT2D eigenvalue weighted by Gasteiger charge is -2.40. The van der Waals surface area contributed by atoms with E-state index in [1.807, 2.05) is 11.3 Å². The Morgan fingerprint density at radius 3 is 2.24 bits per heavy atom. The summed E-state index contributed by atoms with van der Waals surface area (Å²) in [6, 6.07) is 48.2. The molecule has 1 spiro atoms. The smallest absolute Gasteiger partial charge is 0.0685 e. The number of benzene rings is 7. The van der Waals surface area contributed by atoms with Gasteiger partial charge in [-0.2, -0.15) is 0 Å². The molecule has 1 heteroatoms. The predicted octanol–water partition coefficient (Wildman–Crippen LogP) is 13.2. The van der Waals surface area contributed by atoms with Crippen molar-refractivity contribution in [2.24, 2.45) is 0 Å². The highest BCUT2D eigenvalue weighted by Gasteiger charge is 2.49. The van der Waals surface area contributed by atoms with Crippen molar-refractivity contribution < 1.29 is 0 Å². The molecule has 0 amide bonds. The number of allylic oxidation sites excluding steroid dienone is 5. The summed E-state index contributed by atoms with van der Waals surface area (Å²) in [5.41, 5.74) is 14.9. The van der Waals surface area contributed by atoms with E-state index in [2.05, 4.69) is 159 Å². The third kappa shape index (κ3) is 3.66. The van der Waals surface area contributed by atoms with Gasteiger partial charge in [-0.1, -0.05) is 140 Å². The number of rotatable bonds is 3. The summed E-state index contributed by atoms with van der Waals surface area (Å²) in [5.74, 6) is 0. The minimum Gasteiger partial charge on any atom is -0.135 e. The van der Waals surface area contributed by atoms with E-state index in [-0.39, 0.29) is 5.41 Å². The Bertz CT molecular complexity index is 2850. The van der Waals surface area contributed by atoms with Gasteiger partial charge in [-0.25, -0.2) is 0 Å². The van der Waals surface area contributed by atoms with E-state index in [4.69, 9.17) is 0 Å². The zero-order chi connectivity index (χ0) is 33.0. The largest absolute Gasteiger partial charge is 0.135 e. The summed E-state index contributed by atoms with van der Waals surface area (Å²) in [4.78, 5) is 0. The zero-order valence-electron chi connectivity index (χ0n) is 28.0. The Balaban J connectivity index is 1.09. The van der Waals surface area contributed by atoms with Crippen LogP contribution in [0.4, 0.5) is 0 Å². The van der Waals surface area contributed by atoms with Gasteiger partial charge in [0.15, 0.2) is 0 Å². The lowest BCUT2D eigenvalue weighted by atomic mass is 9.61. The third-order valence-corrected chi connectivity index (χ3v) is 13.0. The molecule has 0 radical (unpaired) electrons. The second-order valence-electron chi connectivity index (χ2n) is 14.2. The maximum absolute atomic E-state index is 2.48. The molecule has 1 atom stereocenters. The quantitative estimate of drug-likeness (QED) is 0.178.